The number of rotatable bonds is 8. The fraction of sp³-hybridized carbons (Fsp3) is 0.273. The van der Waals surface area contributed by atoms with Crippen molar-refractivity contribution in [1.29, 1.82) is 0 Å². The van der Waals surface area contributed by atoms with Gasteiger partial charge < -0.3 is 18.9 Å². The zero-order chi connectivity index (χ0) is 20.1. The molecule has 3 aromatic rings. The minimum absolute atomic E-state index is 0.0141. The monoisotopic (exact) mass is 381 g/mol. The van der Waals surface area contributed by atoms with Crippen molar-refractivity contribution >= 4 is 16.6 Å². The van der Waals surface area contributed by atoms with E-state index in [0.29, 0.717) is 41.4 Å². The summed E-state index contributed by atoms with van der Waals surface area (Å²) in [5.41, 5.74) is 1.42. The van der Waals surface area contributed by atoms with Crippen LogP contribution in [-0.4, -0.2) is 39.2 Å². The lowest BCUT2D eigenvalue weighted by Gasteiger charge is -2.13. The van der Waals surface area contributed by atoms with Gasteiger partial charge in [-0.1, -0.05) is 0 Å². The van der Waals surface area contributed by atoms with Crippen molar-refractivity contribution in [2.75, 3.05) is 28.4 Å². The summed E-state index contributed by atoms with van der Waals surface area (Å²) < 4.78 is 21.4. The number of benzene rings is 2. The lowest BCUT2D eigenvalue weighted by atomic mass is 10.0. The van der Waals surface area contributed by atoms with Crippen LogP contribution >= 0.6 is 0 Å². The lowest BCUT2D eigenvalue weighted by molar-refractivity contribution is 0.0982. The van der Waals surface area contributed by atoms with Crippen LogP contribution in [0.15, 0.2) is 42.6 Å². The first kappa shape index (κ1) is 19.5. The zero-order valence-corrected chi connectivity index (χ0v) is 16.4. The van der Waals surface area contributed by atoms with Crippen LogP contribution < -0.4 is 18.9 Å². The Morgan fingerprint density at radius 1 is 0.821 bits per heavy atom. The van der Waals surface area contributed by atoms with Crippen LogP contribution in [-0.2, 0) is 6.42 Å². The molecule has 0 radical (unpaired) electrons. The van der Waals surface area contributed by atoms with Crippen LogP contribution in [0.5, 0.6) is 23.0 Å². The molecule has 0 N–H and O–H groups in total. The number of methoxy groups -OCH3 is 4. The van der Waals surface area contributed by atoms with Crippen molar-refractivity contribution in [2.45, 2.75) is 12.8 Å². The summed E-state index contributed by atoms with van der Waals surface area (Å²) in [6.07, 6.45) is 2.57. The van der Waals surface area contributed by atoms with E-state index in [9.17, 15) is 4.79 Å². The van der Waals surface area contributed by atoms with E-state index in [0.717, 1.165) is 16.5 Å². The lowest BCUT2D eigenvalue weighted by Crippen LogP contribution is -2.04. The standard InChI is InChI=1S/C22H23NO5/c1-25-19-9-5-14(13-21(19)27-3)18(24)8-7-17-15-6-10-20(26-2)22(28-4)16(15)11-12-23-17/h5-6,9-13H,7-8H2,1-4H3. The van der Waals surface area contributed by atoms with Crippen LogP contribution in [0.2, 0.25) is 0 Å². The summed E-state index contributed by atoms with van der Waals surface area (Å²) >= 11 is 0. The Morgan fingerprint density at radius 3 is 2.21 bits per heavy atom. The largest absolute Gasteiger partial charge is 0.493 e. The molecule has 146 valence electrons. The van der Waals surface area contributed by atoms with E-state index in [-0.39, 0.29) is 5.78 Å². The molecule has 1 aromatic heterocycles. The maximum absolute atomic E-state index is 12.7. The van der Waals surface area contributed by atoms with Gasteiger partial charge >= 0.3 is 0 Å². The van der Waals surface area contributed by atoms with E-state index in [1.54, 1.807) is 52.8 Å². The smallest absolute Gasteiger partial charge is 0.168 e. The van der Waals surface area contributed by atoms with E-state index in [4.69, 9.17) is 18.9 Å². The van der Waals surface area contributed by atoms with Gasteiger partial charge in [-0.25, -0.2) is 0 Å². The molecule has 0 atom stereocenters. The number of aromatic nitrogens is 1. The maximum Gasteiger partial charge on any atom is 0.168 e. The van der Waals surface area contributed by atoms with Crippen LogP contribution in [0.3, 0.4) is 0 Å². The first-order chi connectivity index (χ1) is 13.6. The molecule has 6 heteroatoms. The minimum atomic E-state index is 0.0141. The summed E-state index contributed by atoms with van der Waals surface area (Å²) in [5.74, 6) is 2.47. The van der Waals surface area contributed by atoms with Gasteiger partial charge in [0.2, 0.25) is 0 Å². The van der Waals surface area contributed by atoms with Crippen molar-refractivity contribution < 1.29 is 23.7 Å². The van der Waals surface area contributed by atoms with Gasteiger partial charge in [0.05, 0.1) is 28.4 Å². The van der Waals surface area contributed by atoms with Crippen molar-refractivity contribution in [1.82, 2.24) is 4.98 Å². The number of aryl methyl sites for hydroxylation is 1. The Labute approximate surface area is 164 Å². The molecule has 0 saturated carbocycles. The van der Waals surface area contributed by atoms with Crippen LogP contribution in [0.25, 0.3) is 10.8 Å². The number of nitrogens with zero attached hydrogens (tertiary/aromatic N) is 1. The molecule has 0 saturated heterocycles. The Kier molecular flexibility index (Phi) is 5.99. The summed E-state index contributed by atoms with van der Waals surface area (Å²) in [4.78, 5) is 17.1. The molecule has 0 amide bonds. The molecule has 2 aromatic carbocycles. The number of ketones is 1. The van der Waals surface area contributed by atoms with E-state index in [1.165, 1.54) is 0 Å². The maximum atomic E-state index is 12.7. The number of Topliss-reactive ketones (excluding diaryl/α,β-unsaturated/α-hetero) is 1. The normalized spacial score (nSPS) is 10.6. The van der Waals surface area contributed by atoms with Gasteiger partial charge in [-0.05, 0) is 42.8 Å². The minimum Gasteiger partial charge on any atom is -0.493 e. The third kappa shape index (κ3) is 3.71. The van der Waals surface area contributed by atoms with Crippen molar-refractivity contribution in [3.8, 4) is 23.0 Å². The second kappa shape index (κ2) is 8.61. The first-order valence-corrected chi connectivity index (χ1v) is 8.86. The highest BCUT2D eigenvalue weighted by atomic mass is 16.5. The number of carbonyl (C=O) groups is 1. The summed E-state index contributed by atoms with van der Waals surface area (Å²) in [5, 5.41) is 1.85. The zero-order valence-electron chi connectivity index (χ0n) is 16.4. The summed E-state index contributed by atoms with van der Waals surface area (Å²) in [6.45, 7) is 0. The molecule has 6 nitrogen and oxygen atoms in total. The van der Waals surface area contributed by atoms with Gasteiger partial charge in [-0.15, -0.1) is 0 Å². The van der Waals surface area contributed by atoms with Gasteiger partial charge in [0.25, 0.3) is 0 Å². The first-order valence-electron chi connectivity index (χ1n) is 8.86. The number of pyridine rings is 1. The molecule has 0 unspecified atom stereocenters. The van der Waals surface area contributed by atoms with Gasteiger partial charge in [0.1, 0.15) is 0 Å². The molecular weight excluding hydrogens is 358 g/mol. The SMILES string of the molecule is COc1ccc(C(=O)CCc2nccc3c(OC)c(OC)ccc23)cc1OC. The van der Waals surface area contributed by atoms with Crippen molar-refractivity contribution in [3.63, 3.8) is 0 Å². The molecule has 28 heavy (non-hydrogen) atoms. The molecule has 0 aliphatic heterocycles. The molecule has 3 rings (SSSR count). The quantitative estimate of drug-likeness (QED) is 0.548. The number of fused-ring (bicyclic) bond motifs is 1. The fourth-order valence-electron chi connectivity index (χ4n) is 3.22. The molecule has 0 aliphatic carbocycles. The Bertz CT molecular complexity index is 1000. The highest BCUT2D eigenvalue weighted by molar-refractivity contribution is 5.97. The Morgan fingerprint density at radius 2 is 1.54 bits per heavy atom. The predicted octanol–water partition coefficient (Wildman–Crippen LogP) is 4.08. The second-order valence-corrected chi connectivity index (χ2v) is 6.15. The van der Waals surface area contributed by atoms with Gasteiger partial charge in [0, 0.05) is 34.6 Å². The topological polar surface area (TPSA) is 66.9 Å². The average Bonchev–Trinajstić information content (AvgIpc) is 2.75. The highest BCUT2D eigenvalue weighted by Gasteiger charge is 2.15. The Hall–Kier alpha value is -3.28. The van der Waals surface area contributed by atoms with E-state index >= 15 is 0 Å². The summed E-state index contributed by atoms with van der Waals surface area (Å²) in [7, 11) is 6.33. The third-order valence-electron chi connectivity index (χ3n) is 4.66. The number of carbonyl (C=O) groups excluding carboxylic acids is 1. The molecular formula is C22H23NO5. The van der Waals surface area contributed by atoms with Crippen LogP contribution in [0.1, 0.15) is 22.5 Å². The number of hydrogen-bond acceptors (Lipinski definition) is 6. The average molecular weight is 381 g/mol. The number of hydrogen-bond donors (Lipinski definition) is 0. The third-order valence-corrected chi connectivity index (χ3v) is 4.66. The van der Waals surface area contributed by atoms with E-state index in [2.05, 4.69) is 4.98 Å². The van der Waals surface area contributed by atoms with Crippen molar-refractivity contribution in [3.05, 3.63) is 53.9 Å². The predicted molar refractivity (Wildman–Crippen MR) is 107 cm³/mol. The molecule has 0 fully saturated rings. The second-order valence-electron chi connectivity index (χ2n) is 6.15. The molecule has 0 spiro atoms. The highest BCUT2D eigenvalue weighted by Crippen LogP contribution is 2.36. The van der Waals surface area contributed by atoms with Crippen molar-refractivity contribution in [2.24, 2.45) is 0 Å². The Balaban J connectivity index is 1.85. The molecule has 1 heterocycles. The van der Waals surface area contributed by atoms with Gasteiger partial charge in [-0.3, -0.25) is 9.78 Å². The van der Waals surface area contributed by atoms with E-state index in [1.807, 2.05) is 18.2 Å². The number of ether oxygens (including phenoxy) is 4. The van der Waals surface area contributed by atoms with Crippen LogP contribution in [0, 0.1) is 0 Å². The molecule has 0 aliphatic rings. The summed E-state index contributed by atoms with van der Waals surface area (Å²) in [6, 6.07) is 10.9. The van der Waals surface area contributed by atoms with E-state index < -0.39 is 0 Å². The van der Waals surface area contributed by atoms with Gasteiger partial charge in [0.15, 0.2) is 28.8 Å². The van der Waals surface area contributed by atoms with Gasteiger partial charge in [-0.2, -0.15) is 0 Å². The fourth-order valence-corrected chi connectivity index (χ4v) is 3.22. The molecule has 0 bridgehead atoms. The van der Waals surface area contributed by atoms with Crippen LogP contribution in [0.4, 0.5) is 0 Å².